The monoisotopic (exact) mass is 520 g/mol. The molecule has 192 valence electrons. The maximum atomic E-state index is 15.8. The Morgan fingerprint density at radius 1 is 0.949 bits per heavy atom. The van der Waals surface area contributed by atoms with E-state index in [4.69, 9.17) is 5.10 Å². The molecule has 2 fully saturated rings. The van der Waals surface area contributed by atoms with Crippen LogP contribution < -0.4 is 10.2 Å². The second-order valence-corrected chi connectivity index (χ2v) is 10.1. The molecule has 2 N–H and O–H groups in total. The Morgan fingerprint density at radius 2 is 1.79 bits per heavy atom. The van der Waals surface area contributed by atoms with Crippen molar-refractivity contribution in [2.45, 2.75) is 18.5 Å². The topological polar surface area (TPSA) is 87.0 Å². The van der Waals surface area contributed by atoms with E-state index in [0.29, 0.717) is 23.1 Å². The first-order chi connectivity index (χ1) is 19.2. The third-order valence-corrected chi connectivity index (χ3v) is 7.90. The Labute approximate surface area is 221 Å². The van der Waals surface area contributed by atoms with Crippen molar-refractivity contribution in [1.29, 1.82) is 0 Å². The van der Waals surface area contributed by atoms with Crippen molar-refractivity contribution in [2.24, 2.45) is 0 Å². The van der Waals surface area contributed by atoms with Gasteiger partial charge in [0.2, 0.25) is 0 Å². The highest BCUT2D eigenvalue weighted by Gasteiger charge is 2.38. The first-order valence-corrected chi connectivity index (χ1v) is 12.9. The molecule has 8 rings (SSSR count). The number of H-pyrrole nitrogens is 1. The van der Waals surface area contributed by atoms with Crippen molar-refractivity contribution in [3.05, 3.63) is 85.0 Å². The van der Waals surface area contributed by atoms with Gasteiger partial charge >= 0.3 is 0 Å². The van der Waals surface area contributed by atoms with Crippen LogP contribution in [0.4, 0.5) is 14.5 Å². The number of nitrogens with zero attached hydrogens (tertiary/aromatic N) is 6. The van der Waals surface area contributed by atoms with Gasteiger partial charge in [0, 0.05) is 60.4 Å². The predicted molar refractivity (Wildman–Crippen MR) is 144 cm³/mol. The molecule has 2 aliphatic heterocycles. The summed E-state index contributed by atoms with van der Waals surface area (Å²) in [6, 6.07) is 14.7. The summed E-state index contributed by atoms with van der Waals surface area (Å²) >= 11 is 0. The Balaban J connectivity index is 1.35. The number of fused-ring (bicyclic) bond motifs is 4. The van der Waals surface area contributed by atoms with E-state index in [0.717, 1.165) is 47.1 Å². The molecule has 0 radical (unpaired) electrons. The van der Waals surface area contributed by atoms with E-state index < -0.39 is 11.6 Å². The summed E-state index contributed by atoms with van der Waals surface area (Å²) in [6.07, 6.45) is 7.70. The van der Waals surface area contributed by atoms with Gasteiger partial charge in [-0.1, -0.05) is 12.1 Å². The fourth-order valence-corrected chi connectivity index (χ4v) is 6.13. The van der Waals surface area contributed by atoms with Crippen molar-refractivity contribution in [1.82, 2.24) is 35.1 Å². The molecule has 6 aromatic rings. The number of hydrogen-bond donors (Lipinski definition) is 2. The van der Waals surface area contributed by atoms with Gasteiger partial charge in [-0.3, -0.25) is 10.1 Å². The minimum Gasteiger partial charge on any atom is -0.365 e. The van der Waals surface area contributed by atoms with Gasteiger partial charge in [-0.15, -0.1) is 0 Å². The molecule has 0 spiro atoms. The predicted octanol–water partition coefficient (Wildman–Crippen LogP) is 4.83. The lowest BCUT2D eigenvalue weighted by molar-refractivity contribution is 0.566. The highest BCUT2D eigenvalue weighted by atomic mass is 19.1. The van der Waals surface area contributed by atoms with Crippen LogP contribution in [0.15, 0.2) is 73.3 Å². The standard InChI is InChI=1S/C29H22F2N8/c30-22-11-18(38-15-17-10-19(38)13-34-17)12-23(31)27(22)25-6-9-33-29-26(20-2-1-3-24-21(20)14-35-36-24)28(37-39(25)29)16-4-7-32-8-5-16/h1-9,11-12,14,17,19,34H,10,13,15H2,(H,35,36). The fraction of sp³-hybridized carbons (Fsp3) is 0.172. The number of pyridine rings is 1. The number of anilines is 1. The van der Waals surface area contributed by atoms with Crippen LogP contribution in [0.25, 0.3) is 50.2 Å². The molecule has 39 heavy (non-hydrogen) atoms. The molecule has 4 aromatic heterocycles. The molecule has 2 aliphatic rings. The van der Waals surface area contributed by atoms with Gasteiger partial charge < -0.3 is 10.2 Å². The second-order valence-electron chi connectivity index (χ2n) is 10.1. The minimum absolute atomic E-state index is 0.134. The molecule has 6 heterocycles. The molecule has 0 amide bonds. The zero-order valence-corrected chi connectivity index (χ0v) is 20.6. The zero-order valence-electron chi connectivity index (χ0n) is 20.6. The van der Waals surface area contributed by atoms with Gasteiger partial charge in [0.05, 0.1) is 28.5 Å². The van der Waals surface area contributed by atoms with E-state index in [-0.39, 0.29) is 17.3 Å². The van der Waals surface area contributed by atoms with Crippen molar-refractivity contribution < 1.29 is 8.78 Å². The summed E-state index contributed by atoms with van der Waals surface area (Å²) in [5.74, 6) is -1.26. The molecule has 2 saturated heterocycles. The van der Waals surface area contributed by atoms with Crippen LogP contribution >= 0.6 is 0 Å². The minimum atomic E-state index is -0.632. The normalized spacial score (nSPS) is 18.6. The Hall–Kier alpha value is -4.70. The number of benzene rings is 2. The SMILES string of the molecule is Fc1cc(N2CC3CC2CN3)cc(F)c1-c1ccnc2c(-c3cccc4[nH]ncc34)c(-c3ccncc3)nn12. The number of aromatic nitrogens is 6. The van der Waals surface area contributed by atoms with Gasteiger partial charge in [0.1, 0.15) is 17.3 Å². The van der Waals surface area contributed by atoms with E-state index in [2.05, 4.69) is 30.4 Å². The molecule has 2 atom stereocenters. The maximum Gasteiger partial charge on any atom is 0.164 e. The van der Waals surface area contributed by atoms with Gasteiger partial charge in [0.25, 0.3) is 0 Å². The molecule has 2 aromatic carbocycles. The lowest BCUT2D eigenvalue weighted by Gasteiger charge is -2.30. The quantitative estimate of drug-likeness (QED) is 0.346. The van der Waals surface area contributed by atoms with Crippen molar-refractivity contribution in [3.63, 3.8) is 0 Å². The van der Waals surface area contributed by atoms with Crippen LogP contribution in [0.1, 0.15) is 6.42 Å². The van der Waals surface area contributed by atoms with E-state index >= 15 is 8.78 Å². The zero-order chi connectivity index (χ0) is 26.1. The molecule has 10 heteroatoms. The summed E-state index contributed by atoms with van der Waals surface area (Å²) in [7, 11) is 0. The average Bonchev–Trinajstić information content (AvgIpc) is 3.76. The van der Waals surface area contributed by atoms with Gasteiger partial charge in [0.15, 0.2) is 5.65 Å². The molecule has 0 aliphatic carbocycles. The lowest BCUT2D eigenvalue weighted by atomic mass is 9.99. The van der Waals surface area contributed by atoms with Crippen LogP contribution in [0.2, 0.25) is 0 Å². The molecular weight excluding hydrogens is 498 g/mol. The largest absolute Gasteiger partial charge is 0.365 e. The van der Waals surface area contributed by atoms with E-state index in [1.54, 1.807) is 30.9 Å². The van der Waals surface area contributed by atoms with Crippen molar-refractivity contribution in [2.75, 3.05) is 18.0 Å². The van der Waals surface area contributed by atoms with Crippen molar-refractivity contribution in [3.8, 4) is 33.6 Å². The number of piperazine rings is 1. The number of aromatic amines is 1. The first-order valence-electron chi connectivity index (χ1n) is 12.9. The van der Waals surface area contributed by atoms with E-state index in [1.807, 2.05) is 30.3 Å². The van der Waals surface area contributed by atoms with Crippen LogP contribution in [0.3, 0.4) is 0 Å². The van der Waals surface area contributed by atoms with Crippen molar-refractivity contribution >= 4 is 22.2 Å². The van der Waals surface area contributed by atoms with Gasteiger partial charge in [-0.25, -0.2) is 18.3 Å². The second kappa shape index (κ2) is 8.40. The molecule has 8 nitrogen and oxygen atoms in total. The van der Waals surface area contributed by atoms with Crippen LogP contribution in [-0.2, 0) is 0 Å². The number of nitrogens with one attached hydrogen (secondary N) is 2. The Kier molecular flexibility index (Phi) is 4.80. The highest BCUT2D eigenvalue weighted by molar-refractivity contribution is 6.02. The van der Waals surface area contributed by atoms with E-state index in [9.17, 15) is 0 Å². The Bertz CT molecular complexity index is 1860. The number of halogens is 2. The summed E-state index contributed by atoms with van der Waals surface area (Å²) in [5, 5.41) is 16.4. The molecular formula is C29H22F2N8. The van der Waals surface area contributed by atoms with Gasteiger partial charge in [-0.2, -0.15) is 10.2 Å². The van der Waals surface area contributed by atoms with Crippen LogP contribution in [0.5, 0.6) is 0 Å². The average molecular weight is 521 g/mol. The Morgan fingerprint density at radius 3 is 2.56 bits per heavy atom. The lowest BCUT2D eigenvalue weighted by Crippen LogP contribution is -2.43. The summed E-state index contributed by atoms with van der Waals surface area (Å²) in [5.41, 5.74) is 5.11. The molecule has 2 bridgehead atoms. The maximum absolute atomic E-state index is 15.8. The summed E-state index contributed by atoms with van der Waals surface area (Å²) < 4.78 is 33.1. The number of hydrogen-bond acceptors (Lipinski definition) is 6. The number of rotatable bonds is 4. The highest BCUT2D eigenvalue weighted by Crippen LogP contribution is 2.40. The first kappa shape index (κ1) is 22.3. The summed E-state index contributed by atoms with van der Waals surface area (Å²) in [6.45, 7) is 1.58. The third kappa shape index (κ3) is 3.38. The van der Waals surface area contributed by atoms with E-state index in [1.165, 1.54) is 16.6 Å². The fourth-order valence-electron chi connectivity index (χ4n) is 6.13. The smallest absolute Gasteiger partial charge is 0.164 e. The molecule has 0 saturated carbocycles. The van der Waals surface area contributed by atoms with Crippen LogP contribution in [-0.4, -0.2) is 55.0 Å². The third-order valence-electron chi connectivity index (χ3n) is 7.90. The molecule has 2 unspecified atom stereocenters. The summed E-state index contributed by atoms with van der Waals surface area (Å²) in [4.78, 5) is 10.9. The van der Waals surface area contributed by atoms with Crippen LogP contribution in [0, 0.1) is 11.6 Å². The van der Waals surface area contributed by atoms with Gasteiger partial charge in [-0.05, 0) is 48.4 Å².